The van der Waals surface area contributed by atoms with Crippen molar-refractivity contribution < 1.29 is 0 Å². The Morgan fingerprint density at radius 1 is 1.05 bits per heavy atom. The Morgan fingerprint density at radius 3 is 2.57 bits per heavy atom. The zero-order chi connectivity index (χ0) is 14.7. The topological polar surface area (TPSA) is 32.3 Å². The van der Waals surface area contributed by atoms with Gasteiger partial charge in [0.1, 0.15) is 0 Å². The van der Waals surface area contributed by atoms with Crippen LogP contribution in [-0.4, -0.2) is 53.5 Å². The third-order valence-corrected chi connectivity index (χ3v) is 4.18. The van der Waals surface area contributed by atoms with Crippen LogP contribution in [0.4, 0.5) is 5.82 Å². The maximum absolute atomic E-state index is 5.85. The molecular formula is C16H21ClN4. The number of aromatic nitrogens is 2. The Bertz CT molecular complexity index is 616. The van der Waals surface area contributed by atoms with Crippen molar-refractivity contribution in [3.63, 3.8) is 0 Å². The van der Waals surface area contributed by atoms with Crippen molar-refractivity contribution in [2.45, 2.75) is 13.3 Å². The first-order valence-corrected chi connectivity index (χ1v) is 8.08. The number of rotatable bonds is 3. The largest absolute Gasteiger partial charge is 0.354 e. The van der Waals surface area contributed by atoms with Crippen molar-refractivity contribution >= 4 is 28.5 Å². The number of para-hydroxylation sites is 2. The molecule has 5 heteroatoms. The normalized spacial score (nSPS) is 17.1. The van der Waals surface area contributed by atoms with E-state index in [9.17, 15) is 0 Å². The molecule has 0 saturated carbocycles. The molecule has 1 aromatic carbocycles. The molecule has 1 aromatic heterocycles. The standard InChI is InChI=1S/C16H21ClN4/c1-13-16(19-15-6-3-2-5-14(15)18-13)21-9-4-8-20(10-7-17)11-12-21/h2-3,5-6H,4,7-12H2,1H3. The highest BCUT2D eigenvalue weighted by atomic mass is 35.5. The fourth-order valence-corrected chi connectivity index (χ4v) is 3.14. The minimum atomic E-state index is 0.703. The molecule has 3 rings (SSSR count). The van der Waals surface area contributed by atoms with E-state index in [0.29, 0.717) is 5.88 Å². The van der Waals surface area contributed by atoms with Crippen molar-refractivity contribution in [1.29, 1.82) is 0 Å². The lowest BCUT2D eigenvalue weighted by atomic mass is 10.2. The van der Waals surface area contributed by atoms with Crippen LogP contribution >= 0.6 is 11.6 Å². The third kappa shape index (κ3) is 3.27. The monoisotopic (exact) mass is 304 g/mol. The van der Waals surface area contributed by atoms with Gasteiger partial charge in [0, 0.05) is 32.1 Å². The van der Waals surface area contributed by atoms with E-state index in [-0.39, 0.29) is 0 Å². The van der Waals surface area contributed by atoms with Crippen molar-refractivity contribution in [3.05, 3.63) is 30.0 Å². The van der Waals surface area contributed by atoms with Crippen LogP contribution in [0.1, 0.15) is 12.1 Å². The van der Waals surface area contributed by atoms with Gasteiger partial charge < -0.3 is 9.80 Å². The molecule has 4 nitrogen and oxygen atoms in total. The van der Waals surface area contributed by atoms with Crippen molar-refractivity contribution in [3.8, 4) is 0 Å². The number of alkyl halides is 1. The summed E-state index contributed by atoms with van der Waals surface area (Å²) in [5.74, 6) is 1.73. The van der Waals surface area contributed by atoms with Crippen LogP contribution < -0.4 is 4.90 Å². The molecule has 1 aliphatic heterocycles. The lowest BCUT2D eigenvalue weighted by Gasteiger charge is -2.23. The SMILES string of the molecule is Cc1nc2ccccc2nc1N1CCCN(CCCl)CC1. The van der Waals surface area contributed by atoms with Gasteiger partial charge in [-0.05, 0) is 32.0 Å². The van der Waals surface area contributed by atoms with Gasteiger partial charge in [-0.1, -0.05) is 12.1 Å². The first-order chi connectivity index (χ1) is 10.3. The molecular weight excluding hydrogens is 284 g/mol. The van der Waals surface area contributed by atoms with Gasteiger partial charge >= 0.3 is 0 Å². The number of nitrogens with zero attached hydrogens (tertiary/aromatic N) is 4. The van der Waals surface area contributed by atoms with Crippen LogP contribution in [-0.2, 0) is 0 Å². The van der Waals surface area contributed by atoms with Crippen LogP contribution in [0.5, 0.6) is 0 Å². The van der Waals surface area contributed by atoms with Crippen LogP contribution in [0.25, 0.3) is 11.0 Å². The Kier molecular flexibility index (Phi) is 4.56. The molecule has 0 unspecified atom stereocenters. The van der Waals surface area contributed by atoms with E-state index < -0.39 is 0 Å². The first-order valence-electron chi connectivity index (χ1n) is 7.54. The maximum Gasteiger partial charge on any atom is 0.150 e. The van der Waals surface area contributed by atoms with Crippen molar-refractivity contribution in [1.82, 2.24) is 14.9 Å². The fraction of sp³-hybridized carbons (Fsp3) is 0.500. The Hall–Kier alpha value is -1.39. The summed E-state index contributed by atoms with van der Waals surface area (Å²) >= 11 is 5.85. The molecule has 1 aliphatic rings. The van der Waals surface area contributed by atoms with Crippen molar-refractivity contribution in [2.24, 2.45) is 0 Å². The molecule has 0 radical (unpaired) electrons. The Labute approximate surface area is 130 Å². The number of fused-ring (bicyclic) bond motifs is 1. The molecule has 0 spiro atoms. The molecule has 1 saturated heterocycles. The van der Waals surface area contributed by atoms with E-state index in [2.05, 4.69) is 16.7 Å². The summed E-state index contributed by atoms with van der Waals surface area (Å²) in [4.78, 5) is 14.3. The first kappa shape index (κ1) is 14.5. The fourth-order valence-electron chi connectivity index (χ4n) is 2.90. The quantitative estimate of drug-likeness (QED) is 0.816. The Morgan fingerprint density at radius 2 is 1.81 bits per heavy atom. The number of halogens is 1. The number of benzene rings is 1. The molecule has 0 N–H and O–H groups in total. The molecule has 21 heavy (non-hydrogen) atoms. The minimum Gasteiger partial charge on any atom is -0.354 e. The zero-order valence-electron chi connectivity index (χ0n) is 12.4. The number of hydrogen-bond donors (Lipinski definition) is 0. The van der Waals surface area contributed by atoms with E-state index in [4.69, 9.17) is 21.6 Å². The van der Waals surface area contributed by atoms with Gasteiger partial charge in [-0.15, -0.1) is 11.6 Å². The third-order valence-electron chi connectivity index (χ3n) is 4.01. The van der Waals surface area contributed by atoms with E-state index in [0.717, 1.165) is 61.7 Å². The predicted molar refractivity (Wildman–Crippen MR) is 88.3 cm³/mol. The van der Waals surface area contributed by atoms with E-state index >= 15 is 0 Å². The predicted octanol–water partition coefficient (Wildman–Crippen LogP) is 2.69. The summed E-state index contributed by atoms with van der Waals surface area (Å²) in [5.41, 5.74) is 2.96. The van der Waals surface area contributed by atoms with Gasteiger partial charge in [0.2, 0.25) is 0 Å². The molecule has 0 amide bonds. The van der Waals surface area contributed by atoms with Gasteiger partial charge in [-0.2, -0.15) is 0 Å². The van der Waals surface area contributed by atoms with E-state index in [1.807, 2.05) is 24.3 Å². The van der Waals surface area contributed by atoms with Gasteiger partial charge in [-0.25, -0.2) is 9.97 Å². The molecule has 0 aliphatic carbocycles. The lowest BCUT2D eigenvalue weighted by molar-refractivity contribution is 0.311. The lowest BCUT2D eigenvalue weighted by Crippen LogP contribution is -2.32. The number of aryl methyl sites for hydroxylation is 1. The molecule has 112 valence electrons. The van der Waals surface area contributed by atoms with E-state index in [1.54, 1.807) is 0 Å². The summed E-state index contributed by atoms with van der Waals surface area (Å²) in [5, 5.41) is 0. The smallest absolute Gasteiger partial charge is 0.150 e. The second-order valence-electron chi connectivity index (χ2n) is 5.49. The maximum atomic E-state index is 5.85. The van der Waals surface area contributed by atoms with Crippen LogP contribution in [0.3, 0.4) is 0 Å². The molecule has 1 fully saturated rings. The average molecular weight is 305 g/mol. The minimum absolute atomic E-state index is 0.703. The van der Waals surface area contributed by atoms with E-state index in [1.165, 1.54) is 0 Å². The summed E-state index contributed by atoms with van der Waals surface area (Å²) in [7, 11) is 0. The zero-order valence-corrected chi connectivity index (χ0v) is 13.2. The van der Waals surface area contributed by atoms with Crippen LogP contribution in [0, 0.1) is 6.92 Å². The van der Waals surface area contributed by atoms with Gasteiger partial charge in [-0.3, -0.25) is 0 Å². The molecule has 2 heterocycles. The van der Waals surface area contributed by atoms with Crippen molar-refractivity contribution in [2.75, 3.05) is 43.5 Å². The second-order valence-corrected chi connectivity index (χ2v) is 5.87. The van der Waals surface area contributed by atoms with Gasteiger partial charge in [0.25, 0.3) is 0 Å². The summed E-state index contributed by atoms with van der Waals surface area (Å²) < 4.78 is 0. The van der Waals surface area contributed by atoms with Crippen LogP contribution in [0.15, 0.2) is 24.3 Å². The highest BCUT2D eigenvalue weighted by Crippen LogP contribution is 2.21. The van der Waals surface area contributed by atoms with Gasteiger partial charge in [0.15, 0.2) is 5.82 Å². The summed E-state index contributed by atoms with van der Waals surface area (Å²) in [6.07, 6.45) is 1.14. The Balaban J connectivity index is 1.84. The molecule has 2 aromatic rings. The molecule has 0 atom stereocenters. The summed E-state index contributed by atoms with van der Waals surface area (Å²) in [6.45, 7) is 7.20. The second kappa shape index (κ2) is 6.58. The summed E-state index contributed by atoms with van der Waals surface area (Å²) in [6, 6.07) is 8.07. The van der Waals surface area contributed by atoms with Gasteiger partial charge in [0.05, 0.1) is 16.7 Å². The highest BCUT2D eigenvalue weighted by molar-refractivity contribution is 6.18. The number of hydrogen-bond acceptors (Lipinski definition) is 4. The van der Waals surface area contributed by atoms with Crippen LogP contribution in [0.2, 0.25) is 0 Å². The molecule has 0 bridgehead atoms. The average Bonchev–Trinajstić information content (AvgIpc) is 2.73. The highest BCUT2D eigenvalue weighted by Gasteiger charge is 2.18. The number of anilines is 1.